The van der Waals surface area contributed by atoms with Crippen molar-refractivity contribution in [2.75, 3.05) is 5.73 Å². The van der Waals surface area contributed by atoms with Gasteiger partial charge in [0, 0.05) is 5.69 Å². The first-order chi connectivity index (χ1) is 11.2. The van der Waals surface area contributed by atoms with Gasteiger partial charge in [-0.2, -0.15) is 0 Å². The molecule has 2 aromatic rings. The summed E-state index contributed by atoms with van der Waals surface area (Å²) in [6.45, 7) is 0. The average molecular weight is 303 g/mol. The maximum atomic E-state index is 5.94. The Morgan fingerprint density at radius 2 is 1.22 bits per heavy atom. The minimum absolute atomic E-state index is 0.396. The lowest BCUT2D eigenvalue weighted by atomic mass is 9.42. The zero-order valence-corrected chi connectivity index (χ0v) is 13.7. The molecule has 0 radical (unpaired) electrons. The van der Waals surface area contributed by atoms with Gasteiger partial charge >= 0.3 is 0 Å². The van der Waals surface area contributed by atoms with Crippen molar-refractivity contribution in [1.29, 1.82) is 0 Å². The zero-order chi connectivity index (χ0) is 15.5. The standard InChI is InChI=1S/C22H25N/c23-20-8-6-19(7-9-20)22-13-16-10-17(14-22)12-21(11-16,15-22)18-4-2-1-3-5-18/h1-9,16-17H,10-15,23H2/t16-,17+,21?,22?. The van der Waals surface area contributed by atoms with Gasteiger partial charge in [-0.05, 0) is 84.5 Å². The molecule has 4 aliphatic rings. The fraction of sp³-hybridized carbons (Fsp3) is 0.455. The molecule has 4 fully saturated rings. The first-order valence-corrected chi connectivity index (χ1v) is 9.09. The molecule has 1 nitrogen and oxygen atoms in total. The van der Waals surface area contributed by atoms with E-state index in [1.165, 1.54) is 38.5 Å². The Kier molecular flexibility index (Phi) is 2.75. The Morgan fingerprint density at radius 1 is 0.696 bits per heavy atom. The topological polar surface area (TPSA) is 26.0 Å². The number of nitrogens with two attached hydrogens (primary N) is 1. The van der Waals surface area contributed by atoms with Crippen LogP contribution in [0.1, 0.15) is 49.7 Å². The summed E-state index contributed by atoms with van der Waals surface area (Å²) < 4.78 is 0. The Hall–Kier alpha value is -1.76. The summed E-state index contributed by atoms with van der Waals surface area (Å²) in [5, 5.41) is 0. The largest absolute Gasteiger partial charge is 0.399 e. The normalized spacial score (nSPS) is 37.9. The van der Waals surface area contributed by atoms with Crippen molar-refractivity contribution in [3.8, 4) is 0 Å². The SMILES string of the molecule is Nc1ccc(C23C[C@@H]4C[C@@H](CC(c5ccccc5)(C4)C2)C3)cc1. The number of hydrogen-bond donors (Lipinski definition) is 1. The molecule has 0 heterocycles. The van der Waals surface area contributed by atoms with Crippen LogP contribution in [0.5, 0.6) is 0 Å². The highest BCUT2D eigenvalue weighted by Gasteiger charge is 2.58. The van der Waals surface area contributed by atoms with Crippen LogP contribution in [0.15, 0.2) is 54.6 Å². The lowest BCUT2D eigenvalue weighted by molar-refractivity contribution is -0.0281. The van der Waals surface area contributed by atoms with Gasteiger partial charge in [0.05, 0.1) is 0 Å². The van der Waals surface area contributed by atoms with E-state index in [1.807, 2.05) is 0 Å². The molecular weight excluding hydrogens is 278 g/mol. The lowest BCUT2D eigenvalue weighted by Crippen LogP contribution is -2.55. The van der Waals surface area contributed by atoms with Crippen LogP contribution in [0, 0.1) is 11.8 Å². The van der Waals surface area contributed by atoms with E-state index in [2.05, 4.69) is 54.6 Å². The summed E-state index contributed by atoms with van der Waals surface area (Å²) in [5.74, 6) is 1.82. The van der Waals surface area contributed by atoms with Crippen LogP contribution < -0.4 is 5.73 Å². The van der Waals surface area contributed by atoms with Gasteiger partial charge in [-0.1, -0.05) is 42.5 Å². The van der Waals surface area contributed by atoms with Gasteiger partial charge in [0.25, 0.3) is 0 Å². The van der Waals surface area contributed by atoms with E-state index >= 15 is 0 Å². The highest BCUT2D eigenvalue weighted by Crippen LogP contribution is 2.66. The van der Waals surface area contributed by atoms with Crippen LogP contribution in [0.2, 0.25) is 0 Å². The summed E-state index contributed by atoms with van der Waals surface area (Å²) in [6.07, 6.45) is 8.39. The van der Waals surface area contributed by atoms with Gasteiger partial charge in [0.2, 0.25) is 0 Å². The molecule has 0 spiro atoms. The minimum atomic E-state index is 0.396. The van der Waals surface area contributed by atoms with Crippen molar-refractivity contribution < 1.29 is 0 Å². The fourth-order valence-corrected chi connectivity index (χ4v) is 6.57. The zero-order valence-electron chi connectivity index (χ0n) is 13.7. The van der Waals surface area contributed by atoms with Gasteiger partial charge in [0.1, 0.15) is 0 Å². The molecule has 4 atom stereocenters. The van der Waals surface area contributed by atoms with Gasteiger partial charge in [-0.3, -0.25) is 0 Å². The maximum Gasteiger partial charge on any atom is 0.0314 e. The second-order valence-corrected chi connectivity index (χ2v) is 8.51. The predicted molar refractivity (Wildman–Crippen MR) is 95.3 cm³/mol. The highest BCUT2D eigenvalue weighted by molar-refractivity contribution is 5.44. The molecule has 4 bridgehead atoms. The Morgan fingerprint density at radius 3 is 1.78 bits per heavy atom. The third kappa shape index (κ3) is 1.99. The summed E-state index contributed by atoms with van der Waals surface area (Å²) in [5.41, 5.74) is 10.8. The van der Waals surface area contributed by atoms with E-state index in [0.29, 0.717) is 10.8 Å². The smallest absolute Gasteiger partial charge is 0.0314 e. The van der Waals surface area contributed by atoms with Crippen LogP contribution >= 0.6 is 0 Å². The molecule has 4 aliphatic carbocycles. The third-order valence-electron chi connectivity index (χ3n) is 6.97. The number of benzene rings is 2. The fourth-order valence-electron chi connectivity index (χ4n) is 6.57. The third-order valence-corrected chi connectivity index (χ3v) is 6.97. The summed E-state index contributed by atoms with van der Waals surface area (Å²) in [4.78, 5) is 0. The Balaban J connectivity index is 1.61. The predicted octanol–water partition coefficient (Wildman–Crippen LogP) is 5.06. The van der Waals surface area contributed by atoms with Crippen molar-refractivity contribution in [3.63, 3.8) is 0 Å². The molecule has 23 heavy (non-hydrogen) atoms. The van der Waals surface area contributed by atoms with E-state index in [1.54, 1.807) is 11.1 Å². The maximum absolute atomic E-state index is 5.94. The quantitative estimate of drug-likeness (QED) is 0.771. The molecular formula is C22H25N. The molecule has 2 unspecified atom stereocenters. The minimum Gasteiger partial charge on any atom is -0.399 e. The van der Waals surface area contributed by atoms with Gasteiger partial charge < -0.3 is 5.73 Å². The number of anilines is 1. The Bertz CT molecular complexity index is 701. The molecule has 2 N–H and O–H groups in total. The average Bonchev–Trinajstić information content (AvgIpc) is 2.55. The van der Waals surface area contributed by atoms with E-state index in [-0.39, 0.29) is 0 Å². The highest BCUT2D eigenvalue weighted by atomic mass is 14.6. The molecule has 118 valence electrons. The molecule has 0 amide bonds. The molecule has 0 aromatic heterocycles. The molecule has 1 heteroatoms. The molecule has 4 saturated carbocycles. The van der Waals surface area contributed by atoms with Gasteiger partial charge in [-0.25, -0.2) is 0 Å². The van der Waals surface area contributed by atoms with Gasteiger partial charge in [0.15, 0.2) is 0 Å². The van der Waals surface area contributed by atoms with E-state index in [9.17, 15) is 0 Å². The van der Waals surface area contributed by atoms with Gasteiger partial charge in [-0.15, -0.1) is 0 Å². The first kappa shape index (κ1) is 13.7. The summed E-state index contributed by atoms with van der Waals surface area (Å²) in [7, 11) is 0. The molecule has 0 saturated heterocycles. The molecule has 0 aliphatic heterocycles. The monoisotopic (exact) mass is 303 g/mol. The lowest BCUT2D eigenvalue weighted by Gasteiger charge is -2.62. The molecule has 2 aromatic carbocycles. The van der Waals surface area contributed by atoms with Crippen LogP contribution in [-0.4, -0.2) is 0 Å². The number of nitrogen functional groups attached to an aromatic ring is 1. The second-order valence-electron chi connectivity index (χ2n) is 8.51. The van der Waals surface area contributed by atoms with Crippen molar-refractivity contribution in [2.24, 2.45) is 11.8 Å². The number of hydrogen-bond acceptors (Lipinski definition) is 1. The second kappa shape index (κ2) is 4.63. The van der Waals surface area contributed by atoms with E-state index in [0.717, 1.165) is 17.5 Å². The van der Waals surface area contributed by atoms with Crippen LogP contribution in [0.3, 0.4) is 0 Å². The first-order valence-electron chi connectivity index (χ1n) is 9.09. The van der Waals surface area contributed by atoms with E-state index in [4.69, 9.17) is 5.73 Å². The number of rotatable bonds is 2. The summed E-state index contributed by atoms with van der Waals surface area (Å²) in [6, 6.07) is 20.2. The van der Waals surface area contributed by atoms with Crippen molar-refractivity contribution in [3.05, 3.63) is 65.7 Å². The van der Waals surface area contributed by atoms with E-state index < -0.39 is 0 Å². The van der Waals surface area contributed by atoms with Crippen molar-refractivity contribution >= 4 is 5.69 Å². The van der Waals surface area contributed by atoms with Crippen LogP contribution in [0.4, 0.5) is 5.69 Å². The molecule has 6 rings (SSSR count). The van der Waals surface area contributed by atoms with Crippen LogP contribution in [0.25, 0.3) is 0 Å². The van der Waals surface area contributed by atoms with Crippen LogP contribution in [-0.2, 0) is 10.8 Å². The Labute approximate surface area is 138 Å². The summed E-state index contributed by atoms with van der Waals surface area (Å²) >= 11 is 0. The van der Waals surface area contributed by atoms with Crippen molar-refractivity contribution in [2.45, 2.75) is 49.4 Å². The van der Waals surface area contributed by atoms with Crippen molar-refractivity contribution in [1.82, 2.24) is 0 Å².